The molecule has 3 aromatic rings. The van der Waals surface area contributed by atoms with Crippen LogP contribution in [-0.2, 0) is 33.7 Å². The van der Waals surface area contributed by atoms with Gasteiger partial charge in [-0.2, -0.15) is 0 Å². The molecule has 4 rings (SSSR count). The first-order chi connectivity index (χ1) is 19.5. The zero-order valence-corrected chi connectivity index (χ0v) is 24.5. The van der Waals surface area contributed by atoms with E-state index < -0.39 is 28.9 Å². The van der Waals surface area contributed by atoms with E-state index in [9.17, 15) is 23.5 Å². The number of nitrogens with one attached hydrogen (secondary N) is 1. The van der Waals surface area contributed by atoms with Crippen LogP contribution in [-0.4, -0.2) is 81.1 Å². The molecule has 9 nitrogen and oxygen atoms in total. The molecule has 1 aliphatic rings. The van der Waals surface area contributed by atoms with Gasteiger partial charge in [-0.25, -0.2) is 13.8 Å². The number of carbonyl (C=O) groups is 2. The number of amides is 1. The standard InChI is InChI=1S/C29H35F2N3O6S/c1-34(2,7-8-35)6-5-9-40-24-12-22-25(13-23(24)38-3)41-26(33-22)17-32-28(37)29(16-27(36)39-4)14-18-10-20(30)21(31)11-19(18)15-29/h10-13,35H,5-9,14-17H2,1-4H3/p+1. The number of esters is 1. The number of hydrogen-bond donors (Lipinski definition) is 2. The van der Waals surface area contributed by atoms with Gasteiger partial charge in [-0.05, 0) is 36.1 Å². The second-order valence-electron chi connectivity index (χ2n) is 11.0. The van der Waals surface area contributed by atoms with Crippen LogP contribution in [0, 0.1) is 17.0 Å². The molecule has 2 N–H and O–H groups in total. The Morgan fingerprint density at radius 2 is 1.76 bits per heavy atom. The number of fused-ring (bicyclic) bond motifs is 2. The molecule has 0 saturated heterocycles. The number of methoxy groups -OCH3 is 2. The average Bonchev–Trinajstić information content (AvgIpc) is 3.49. The Balaban J connectivity index is 1.45. The van der Waals surface area contributed by atoms with Gasteiger partial charge in [0.2, 0.25) is 5.91 Å². The highest BCUT2D eigenvalue weighted by atomic mass is 32.1. The lowest BCUT2D eigenvalue weighted by molar-refractivity contribution is -0.890. The fourth-order valence-corrected chi connectivity index (χ4v) is 6.11. The first kappa shape index (κ1) is 30.6. The predicted molar refractivity (Wildman–Crippen MR) is 150 cm³/mol. The summed E-state index contributed by atoms with van der Waals surface area (Å²) in [4.78, 5) is 30.3. The Bertz CT molecular complexity index is 1400. The van der Waals surface area contributed by atoms with Gasteiger partial charge in [0.05, 0.1) is 76.7 Å². The van der Waals surface area contributed by atoms with Crippen molar-refractivity contribution < 1.29 is 42.2 Å². The number of aliphatic hydroxyl groups excluding tert-OH is 1. The molecule has 222 valence electrons. The highest BCUT2D eigenvalue weighted by molar-refractivity contribution is 7.18. The largest absolute Gasteiger partial charge is 0.493 e. The van der Waals surface area contributed by atoms with Gasteiger partial charge in [-0.3, -0.25) is 9.59 Å². The summed E-state index contributed by atoms with van der Waals surface area (Å²) in [5, 5.41) is 12.7. The molecule has 0 radical (unpaired) electrons. The van der Waals surface area contributed by atoms with E-state index in [0.717, 1.165) is 29.8 Å². The predicted octanol–water partition coefficient (Wildman–Crippen LogP) is 3.39. The van der Waals surface area contributed by atoms with Crippen LogP contribution in [0.5, 0.6) is 11.5 Å². The lowest BCUT2D eigenvalue weighted by atomic mass is 9.80. The minimum absolute atomic E-state index is 0.0915. The van der Waals surface area contributed by atoms with E-state index in [2.05, 4.69) is 24.4 Å². The number of likely N-dealkylation sites (N-methyl/N-ethyl adjacent to an activating group) is 1. The number of benzene rings is 2. The van der Waals surface area contributed by atoms with Crippen molar-refractivity contribution in [2.24, 2.45) is 5.41 Å². The Hall–Kier alpha value is -3.35. The summed E-state index contributed by atoms with van der Waals surface area (Å²) in [6.45, 7) is 2.22. The highest BCUT2D eigenvalue weighted by Gasteiger charge is 2.46. The monoisotopic (exact) mass is 592 g/mol. The summed E-state index contributed by atoms with van der Waals surface area (Å²) in [5.41, 5.74) is 0.466. The Labute approximate surface area is 241 Å². The third kappa shape index (κ3) is 7.11. The number of quaternary nitrogens is 1. The van der Waals surface area contributed by atoms with Crippen molar-refractivity contribution in [3.8, 4) is 11.5 Å². The van der Waals surface area contributed by atoms with Gasteiger partial charge in [-0.15, -0.1) is 11.3 Å². The summed E-state index contributed by atoms with van der Waals surface area (Å²) in [6.07, 6.45) is 0.753. The second kappa shape index (κ2) is 12.7. The average molecular weight is 593 g/mol. The van der Waals surface area contributed by atoms with E-state index >= 15 is 0 Å². The Morgan fingerprint density at radius 3 is 2.37 bits per heavy atom. The van der Waals surface area contributed by atoms with Gasteiger partial charge in [0, 0.05) is 18.6 Å². The molecule has 12 heteroatoms. The molecule has 0 unspecified atom stereocenters. The number of halogens is 2. The first-order valence-electron chi connectivity index (χ1n) is 13.3. The number of thiazole rings is 1. The summed E-state index contributed by atoms with van der Waals surface area (Å²) in [5.74, 6) is -1.84. The maximum atomic E-state index is 13.9. The maximum absolute atomic E-state index is 13.9. The number of carbonyl (C=O) groups excluding carboxylic acids is 2. The molecule has 0 spiro atoms. The fourth-order valence-electron chi connectivity index (χ4n) is 5.20. The summed E-state index contributed by atoms with van der Waals surface area (Å²) < 4.78 is 45.6. The van der Waals surface area contributed by atoms with Crippen molar-refractivity contribution in [1.29, 1.82) is 0 Å². The van der Waals surface area contributed by atoms with Gasteiger partial charge in [-0.1, -0.05) is 0 Å². The summed E-state index contributed by atoms with van der Waals surface area (Å²) in [6, 6.07) is 5.83. The van der Waals surface area contributed by atoms with Gasteiger partial charge in [0.1, 0.15) is 11.6 Å². The highest BCUT2D eigenvalue weighted by Crippen LogP contribution is 2.41. The first-order valence-corrected chi connectivity index (χ1v) is 14.2. The molecular weight excluding hydrogens is 556 g/mol. The van der Waals surface area contributed by atoms with E-state index in [1.165, 1.54) is 18.4 Å². The topological polar surface area (TPSA) is 107 Å². The molecule has 0 saturated carbocycles. The van der Waals surface area contributed by atoms with Crippen LogP contribution in [0.25, 0.3) is 10.2 Å². The van der Waals surface area contributed by atoms with Gasteiger partial charge in [0.15, 0.2) is 23.1 Å². The van der Waals surface area contributed by atoms with Gasteiger partial charge < -0.3 is 29.1 Å². The molecule has 0 bridgehead atoms. The minimum Gasteiger partial charge on any atom is -0.493 e. The smallest absolute Gasteiger partial charge is 0.306 e. The second-order valence-corrected chi connectivity index (χ2v) is 12.1. The van der Waals surface area contributed by atoms with E-state index in [1.807, 2.05) is 6.07 Å². The summed E-state index contributed by atoms with van der Waals surface area (Å²) in [7, 11) is 6.91. The number of ether oxygens (including phenoxy) is 3. The van der Waals surface area contributed by atoms with Gasteiger partial charge >= 0.3 is 5.97 Å². The zero-order chi connectivity index (χ0) is 29.8. The number of aliphatic hydroxyl groups is 1. The number of hydrogen-bond acceptors (Lipinski definition) is 8. The fraction of sp³-hybridized carbons (Fsp3) is 0.483. The Morgan fingerprint density at radius 1 is 1.07 bits per heavy atom. The van der Waals surface area contributed by atoms with Gasteiger partial charge in [0.25, 0.3) is 0 Å². The van der Waals surface area contributed by atoms with E-state index in [-0.39, 0.29) is 32.4 Å². The van der Waals surface area contributed by atoms with Crippen LogP contribution in [0.15, 0.2) is 24.3 Å². The van der Waals surface area contributed by atoms with Crippen molar-refractivity contribution in [2.75, 3.05) is 54.6 Å². The molecule has 0 atom stereocenters. The molecule has 0 aliphatic heterocycles. The van der Waals surface area contributed by atoms with Crippen LogP contribution in [0.1, 0.15) is 29.0 Å². The number of rotatable bonds is 13. The SMILES string of the molecule is COC(=O)CC1(C(=O)NCc2nc3cc(OCCC[N+](C)(C)CCO)c(OC)cc3s2)Cc2cc(F)c(F)cc2C1. The zero-order valence-electron chi connectivity index (χ0n) is 23.7. The molecule has 1 heterocycles. The molecule has 1 aliphatic carbocycles. The normalized spacial score (nSPS) is 14.1. The molecule has 0 fully saturated rings. The molecule has 2 aromatic carbocycles. The lowest BCUT2D eigenvalue weighted by Crippen LogP contribution is -2.43. The number of aromatic nitrogens is 1. The minimum atomic E-state index is -1.22. The van der Waals surface area contributed by atoms with Crippen molar-refractivity contribution >= 4 is 33.4 Å². The summed E-state index contributed by atoms with van der Waals surface area (Å²) >= 11 is 1.39. The van der Waals surface area contributed by atoms with Crippen molar-refractivity contribution in [3.63, 3.8) is 0 Å². The van der Waals surface area contributed by atoms with Crippen LogP contribution in [0.3, 0.4) is 0 Å². The van der Waals surface area contributed by atoms with Crippen LogP contribution in [0.4, 0.5) is 8.78 Å². The van der Waals surface area contributed by atoms with E-state index in [4.69, 9.17) is 14.2 Å². The van der Waals surface area contributed by atoms with Crippen LogP contribution >= 0.6 is 11.3 Å². The van der Waals surface area contributed by atoms with Crippen LogP contribution < -0.4 is 14.8 Å². The van der Waals surface area contributed by atoms with Crippen LogP contribution in [0.2, 0.25) is 0 Å². The Kier molecular flexibility index (Phi) is 9.45. The molecular formula is C29H36F2N3O6S+. The lowest BCUT2D eigenvalue weighted by Gasteiger charge is -2.28. The quantitative estimate of drug-likeness (QED) is 0.178. The van der Waals surface area contributed by atoms with Crippen molar-refractivity contribution in [2.45, 2.75) is 32.2 Å². The maximum Gasteiger partial charge on any atom is 0.306 e. The molecule has 1 amide bonds. The third-order valence-electron chi connectivity index (χ3n) is 7.48. The number of nitrogens with zero attached hydrogens (tertiary/aromatic N) is 2. The molecule has 41 heavy (non-hydrogen) atoms. The molecule has 1 aromatic heterocycles. The van der Waals surface area contributed by atoms with E-state index in [0.29, 0.717) is 50.8 Å². The third-order valence-corrected chi connectivity index (χ3v) is 8.50. The van der Waals surface area contributed by atoms with Crippen molar-refractivity contribution in [1.82, 2.24) is 10.3 Å². The van der Waals surface area contributed by atoms with Crippen molar-refractivity contribution in [3.05, 3.63) is 52.0 Å². The van der Waals surface area contributed by atoms with E-state index in [1.54, 1.807) is 13.2 Å².